The van der Waals surface area contributed by atoms with Crippen molar-refractivity contribution in [3.8, 4) is 11.5 Å². The van der Waals surface area contributed by atoms with Gasteiger partial charge in [-0.2, -0.15) is 0 Å². The van der Waals surface area contributed by atoms with Gasteiger partial charge in [0.15, 0.2) is 11.5 Å². The van der Waals surface area contributed by atoms with E-state index >= 15 is 0 Å². The molecule has 0 aromatic heterocycles. The van der Waals surface area contributed by atoms with E-state index in [9.17, 15) is 4.79 Å². The fourth-order valence-electron chi connectivity index (χ4n) is 2.09. The zero-order valence-electron chi connectivity index (χ0n) is 13.4. The molecule has 6 heteroatoms. The normalized spacial score (nSPS) is 12.2. The first-order valence-corrected chi connectivity index (χ1v) is 7.01. The lowest BCUT2D eigenvalue weighted by molar-refractivity contribution is -0.133. The first-order valence-electron chi connectivity index (χ1n) is 6.63. The van der Waals surface area contributed by atoms with E-state index in [0.717, 1.165) is 5.56 Å². The molecule has 0 N–H and O–H groups in total. The number of likely N-dealkylation sites (N-methyl/N-ethyl adjacent to an activating group) is 2. The third-order valence-electron chi connectivity index (χ3n) is 3.40. The molecule has 0 aliphatic rings. The molecule has 21 heavy (non-hydrogen) atoms. The van der Waals surface area contributed by atoms with Crippen LogP contribution in [0.2, 0.25) is 5.02 Å². The average molecular weight is 315 g/mol. The first-order chi connectivity index (χ1) is 9.81. The van der Waals surface area contributed by atoms with Gasteiger partial charge in [-0.1, -0.05) is 11.6 Å². The molecule has 0 aliphatic carbocycles. The van der Waals surface area contributed by atoms with Gasteiger partial charge in [-0.25, -0.2) is 0 Å². The topological polar surface area (TPSA) is 42.0 Å². The van der Waals surface area contributed by atoms with Crippen molar-refractivity contribution >= 4 is 17.5 Å². The monoisotopic (exact) mass is 314 g/mol. The van der Waals surface area contributed by atoms with E-state index < -0.39 is 0 Å². The Morgan fingerprint density at radius 2 is 1.86 bits per heavy atom. The second kappa shape index (κ2) is 7.52. The number of carbonyl (C=O) groups is 1. The predicted molar refractivity (Wildman–Crippen MR) is 84.2 cm³/mol. The number of amides is 1. The van der Waals surface area contributed by atoms with Crippen LogP contribution in [0.5, 0.6) is 11.5 Å². The third-order valence-corrected chi connectivity index (χ3v) is 3.62. The largest absolute Gasteiger partial charge is 0.493 e. The van der Waals surface area contributed by atoms with E-state index in [1.165, 1.54) is 0 Å². The van der Waals surface area contributed by atoms with Gasteiger partial charge in [0, 0.05) is 37.3 Å². The number of carbonyl (C=O) groups excluding carboxylic acids is 1. The van der Waals surface area contributed by atoms with Crippen molar-refractivity contribution in [2.45, 2.75) is 19.5 Å². The summed E-state index contributed by atoms with van der Waals surface area (Å²) in [6.07, 6.45) is 0. The summed E-state index contributed by atoms with van der Waals surface area (Å²) in [6.45, 7) is 2.40. The molecule has 0 heterocycles. The van der Waals surface area contributed by atoms with Gasteiger partial charge in [-0.3, -0.25) is 9.69 Å². The third kappa shape index (κ3) is 4.25. The number of hydrogen-bond acceptors (Lipinski definition) is 4. The van der Waals surface area contributed by atoms with Crippen molar-refractivity contribution in [3.63, 3.8) is 0 Å². The lowest BCUT2D eigenvalue weighted by Gasteiger charge is -2.27. The number of methoxy groups -OCH3 is 2. The van der Waals surface area contributed by atoms with Crippen LogP contribution < -0.4 is 9.47 Å². The average Bonchev–Trinajstić information content (AvgIpc) is 2.44. The van der Waals surface area contributed by atoms with Crippen molar-refractivity contribution < 1.29 is 14.3 Å². The second-order valence-electron chi connectivity index (χ2n) is 5.12. The van der Waals surface area contributed by atoms with Gasteiger partial charge in [0.05, 0.1) is 20.3 Å². The van der Waals surface area contributed by atoms with E-state index in [-0.39, 0.29) is 11.9 Å². The minimum absolute atomic E-state index is 0.0467. The van der Waals surface area contributed by atoms with Crippen LogP contribution >= 0.6 is 11.6 Å². The zero-order chi connectivity index (χ0) is 16.2. The number of benzene rings is 1. The molecular formula is C15H23ClN2O3. The summed E-state index contributed by atoms with van der Waals surface area (Å²) in [7, 11) is 8.54. The predicted octanol–water partition coefficient (Wildman–Crippen LogP) is 2.27. The van der Waals surface area contributed by atoms with Crippen molar-refractivity contribution in [1.29, 1.82) is 0 Å². The molecule has 0 aliphatic heterocycles. The molecule has 1 rings (SSSR count). The maximum Gasteiger partial charge on any atom is 0.239 e. The summed E-state index contributed by atoms with van der Waals surface area (Å²) in [5.74, 6) is 1.27. The zero-order valence-corrected chi connectivity index (χ0v) is 14.2. The van der Waals surface area contributed by atoms with Gasteiger partial charge in [0.2, 0.25) is 5.91 Å². The Labute approximate surface area is 131 Å². The molecule has 5 nitrogen and oxygen atoms in total. The Bertz CT molecular complexity index is 506. The molecule has 0 saturated carbocycles. The highest BCUT2D eigenvalue weighted by Gasteiger charge is 2.22. The van der Waals surface area contributed by atoms with Gasteiger partial charge in [0.25, 0.3) is 0 Å². The van der Waals surface area contributed by atoms with E-state index in [2.05, 4.69) is 0 Å². The fourth-order valence-corrected chi connectivity index (χ4v) is 2.32. The summed E-state index contributed by atoms with van der Waals surface area (Å²) >= 11 is 6.10. The second-order valence-corrected chi connectivity index (χ2v) is 5.56. The maximum atomic E-state index is 12.0. The molecule has 0 bridgehead atoms. The van der Waals surface area contributed by atoms with E-state index in [1.807, 2.05) is 24.9 Å². The van der Waals surface area contributed by atoms with E-state index in [1.54, 1.807) is 39.3 Å². The molecule has 1 aromatic rings. The van der Waals surface area contributed by atoms with Gasteiger partial charge in [0.1, 0.15) is 0 Å². The Morgan fingerprint density at radius 1 is 1.24 bits per heavy atom. The quantitative estimate of drug-likeness (QED) is 0.808. The van der Waals surface area contributed by atoms with Crippen LogP contribution in [0.1, 0.15) is 12.5 Å². The SMILES string of the molecule is COc1cc(Cl)cc(CN(C)C(C)C(=O)N(C)C)c1OC. The smallest absolute Gasteiger partial charge is 0.239 e. The van der Waals surface area contributed by atoms with Crippen LogP contribution in [0.4, 0.5) is 0 Å². The molecule has 0 spiro atoms. The number of ether oxygens (including phenoxy) is 2. The van der Waals surface area contributed by atoms with Crippen LogP contribution in [-0.4, -0.2) is 57.1 Å². The Balaban J connectivity index is 3.01. The summed E-state index contributed by atoms with van der Waals surface area (Å²) in [4.78, 5) is 15.5. The summed E-state index contributed by atoms with van der Waals surface area (Å²) < 4.78 is 10.7. The van der Waals surface area contributed by atoms with E-state index in [4.69, 9.17) is 21.1 Å². The highest BCUT2D eigenvalue weighted by molar-refractivity contribution is 6.30. The van der Waals surface area contributed by atoms with Crippen LogP contribution in [0, 0.1) is 0 Å². The van der Waals surface area contributed by atoms with E-state index in [0.29, 0.717) is 23.1 Å². The van der Waals surface area contributed by atoms with Crippen molar-refractivity contribution in [2.75, 3.05) is 35.4 Å². The molecule has 1 atom stereocenters. The lowest BCUT2D eigenvalue weighted by Crippen LogP contribution is -2.42. The first kappa shape index (κ1) is 17.6. The van der Waals surface area contributed by atoms with Crippen molar-refractivity contribution in [3.05, 3.63) is 22.7 Å². The number of hydrogen-bond donors (Lipinski definition) is 0. The summed E-state index contributed by atoms with van der Waals surface area (Å²) in [5, 5.41) is 0.572. The number of rotatable bonds is 6. The number of nitrogens with zero attached hydrogens (tertiary/aromatic N) is 2. The highest BCUT2D eigenvalue weighted by Crippen LogP contribution is 2.35. The maximum absolute atomic E-state index is 12.0. The van der Waals surface area contributed by atoms with Crippen LogP contribution in [-0.2, 0) is 11.3 Å². The lowest BCUT2D eigenvalue weighted by atomic mass is 10.1. The van der Waals surface area contributed by atoms with Crippen LogP contribution in [0.25, 0.3) is 0 Å². The molecule has 0 fully saturated rings. The minimum atomic E-state index is -0.241. The van der Waals surface area contributed by atoms with Crippen molar-refractivity contribution in [2.24, 2.45) is 0 Å². The van der Waals surface area contributed by atoms with Crippen LogP contribution in [0.3, 0.4) is 0 Å². The summed E-state index contributed by atoms with van der Waals surface area (Å²) in [6, 6.07) is 3.29. The Kier molecular flexibility index (Phi) is 6.30. The minimum Gasteiger partial charge on any atom is -0.493 e. The fraction of sp³-hybridized carbons (Fsp3) is 0.533. The van der Waals surface area contributed by atoms with Crippen LogP contribution in [0.15, 0.2) is 12.1 Å². The Hall–Kier alpha value is -1.46. The van der Waals surface area contributed by atoms with Gasteiger partial charge >= 0.3 is 0 Å². The molecule has 0 saturated heterocycles. The molecule has 0 radical (unpaired) electrons. The van der Waals surface area contributed by atoms with Gasteiger partial charge in [-0.05, 0) is 20.0 Å². The molecule has 118 valence electrons. The van der Waals surface area contributed by atoms with Gasteiger partial charge in [-0.15, -0.1) is 0 Å². The summed E-state index contributed by atoms with van der Waals surface area (Å²) in [5.41, 5.74) is 0.878. The standard InChI is InChI=1S/C15H23ClN2O3/c1-10(15(19)17(2)3)18(4)9-11-7-12(16)8-13(20-5)14(11)21-6/h7-8,10H,9H2,1-6H3. The Morgan fingerprint density at radius 3 is 2.33 bits per heavy atom. The molecule has 1 aromatic carbocycles. The van der Waals surface area contributed by atoms with Crippen molar-refractivity contribution in [1.82, 2.24) is 9.80 Å². The molecule has 1 unspecified atom stereocenters. The molecule has 1 amide bonds. The number of halogens is 1. The van der Waals surface area contributed by atoms with Gasteiger partial charge < -0.3 is 14.4 Å². The highest BCUT2D eigenvalue weighted by atomic mass is 35.5. The molecular weight excluding hydrogens is 292 g/mol.